The van der Waals surface area contributed by atoms with Crippen molar-refractivity contribution in [2.24, 2.45) is 0 Å². The van der Waals surface area contributed by atoms with Gasteiger partial charge in [0.15, 0.2) is 0 Å². The molecule has 0 saturated heterocycles. The lowest BCUT2D eigenvalue weighted by molar-refractivity contribution is 0.103. The second-order valence-corrected chi connectivity index (χ2v) is 5.49. The highest BCUT2D eigenvalue weighted by molar-refractivity contribution is 6.14. The van der Waals surface area contributed by atoms with Gasteiger partial charge in [0.25, 0.3) is 0 Å². The second kappa shape index (κ2) is 5.49. The molecule has 0 amide bonds. The molecule has 0 aliphatic rings. The van der Waals surface area contributed by atoms with Gasteiger partial charge in [-0.05, 0) is 22.9 Å². The number of nitrogens with zero attached hydrogens (tertiary/aromatic N) is 1. The molecule has 1 heterocycles. The van der Waals surface area contributed by atoms with Crippen molar-refractivity contribution in [3.63, 3.8) is 0 Å². The van der Waals surface area contributed by atoms with E-state index in [4.69, 9.17) is 0 Å². The minimum absolute atomic E-state index is 0.0258. The first-order valence-corrected chi connectivity index (χ1v) is 7.15. The Balaban J connectivity index is 2.04. The number of fused-ring (bicyclic) bond motifs is 1. The van der Waals surface area contributed by atoms with E-state index in [1.165, 1.54) is 5.56 Å². The van der Waals surface area contributed by atoms with Gasteiger partial charge in [-0.1, -0.05) is 62.4 Å². The molecule has 3 rings (SSSR count). The summed E-state index contributed by atoms with van der Waals surface area (Å²) in [6, 6.07) is 17.6. The monoisotopic (exact) mass is 275 g/mol. The third-order valence-corrected chi connectivity index (χ3v) is 3.73. The van der Waals surface area contributed by atoms with Crippen LogP contribution in [0.15, 0.2) is 60.8 Å². The molecule has 1 aromatic heterocycles. The van der Waals surface area contributed by atoms with E-state index in [0.29, 0.717) is 17.2 Å². The van der Waals surface area contributed by atoms with Gasteiger partial charge in [0.05, 0.1) is 0 Å². The van der Waals surface area contributed by atoms with Gasteiger partial charge in [-0.15, -0.1) is 0 Å². The number of hydrogen-bond acceptors (Lipinski definition) is 2. The topological polar surface area (TPSA) is 30.0 Å². The summed E-state index contributed by atoms with van der Waals surface area (Å²) in [6.07, 6.45) is 1.69. The first-order chi connectivity index (χ1) is 10.2. The van der Waals surface area contributed by atoms with Crippen LogP contribution in [0.4, 0.5) is 0 Å². The third-order valence-electron chi connectivity index (χ3n) is 3.73. The maximum absolute atomic E-state index is 12.7. The molecule has 0 unspecified atom stereocenters. The summed E-state index contributed by atoms with van der Waals surface area (Å²) < 4.78 is 0. The lowest BCUT2D eigenvalue weighted by Gasteiger charge is -2.07. The number of aromatic nitrogens is 1. The Bertz CT molecular complexity index is 783. The first kappa shape index (κ1) is 13.5. The second-order valence-electron chi connectivity index (χ2n) is 5.49. The molecule has 0 N–H and O–H groups in total. The van der Waals surface area contributed by atoms with Gasteiger partial charge in [-0.3, -0.25) is 9.78 Å². The fraction of sp³-hybridized carbons (Fsp3) is 0.158. The van der Waals surface area contributed by atoms with Crippen molar-refractivity contribution in [2.45, 2.75) is 19.8 Å². The Labute approximate surface area is 124 Å². The molecule has 21 heavy (non-hydrogen) atoms. The Morgan fingerprint density at radius 1 is 0.952 bits per heavy atom. The molecule has 0 aliphatic heterocycles. The Hall–Kier alpha value is -2.48. The summed E-state index contributed by atoms with van der Waals surface area (Å²) in [6.45, 7) is 4.28. The van der Waals surface area contributed by atoms with Gasteiger partial charge in [-0.2, -0.15) is 0 Å². The van der Waals surface area contributed by atoms with Crippen molar-refractivity contribution in [3.05, 3.63) is 77.6 Å². The molecule has 0 bridgehead atoms. The SMILES string of the molecule is CC(C)c1ccc(C(=O)c2nccc3ccccc23)cc1. The van der Waals surface area contributed by atoms with Crippen molar-refractivity contribution in [3.8, 4) is 0 Å². The lowest BCUT2D eigenvalue weighted by Crippen LogP contribution is -2.05. The van der Waals surface area contributed by atoms with Crippen LogP contribution in [-0.4, -0.2) is 10.8 Å². The normalized spacial score (nSPS) is 11.0. The molecule has 2 nitrogen and oxygen atoms in total. The zero-order valence-electron chi connectivity index (χ0n) is 12.2. The molecule has 0 fully saturated rings. The summed E-state index contributed by atoms with van der Waals surface area (Å²) >= 11 is 0. The van der Waals surface area contributed by atoms with Crippen LogP contribution in [-0.2, 0) is 0 Å². The minimum atomic E-state index is -0.0258. The number of pyridine rings is 1. The predicted octanol–water partition coefficient (Wildman–Crippen LogP) is 4.59. The minimum Gasteiger partial charge on any atom is -0.287 e. The van der Waals surface area contributed by atoms with Crippen LogP contribution in [0.2, 0.25) is 0 Å². The molecule has 0 spiro atoms. The summed E-state index contributed by atoms with van der Waals surface area (Å²) in [7, 11) is 0. The maximum atomic E-state index is 12.7. The van der Waals surface area contributed by atoms with Crippen LogP contribution in [0.5, 0.6) is 0 Å². The highest BCUT2D eigenvalue weighted by Crippen LogP contribution is 2.21. The van der Waals surface area contributed by atoms with Crippen molar-refractivity contribution >= 4 is 16.6 Å². The maximum Gasteiger partial charge on any atom is 0.211 e. The van der Waals surface area contributed by atoms with Crippen LogP contribution in [0, 0.1) is 0 Å². The molecule has 2 heteroatoms. The number of ketones is 1. The molecular formula is C19H17NO. The molecule has 3 aromatic rings. The van der Waals surface area contributed by atoms with Crippen LogP contribution in [0.25, 0.3) is 10.8 Å². The number of hydrogen-bond donors (Lipinski definition) is 0. The fourth-order valence-corrected chi connectivity index (χ4v) is 2.46. The van der Waals surface area contributed by atoms with E-state index in [0.717, 1.165) is 10.8 Å². The highest BCUT2D eigenvalue weighted by atomic mass is 16.1. The fourth-order valence-electron chi connectivity index (χ4n) is 2.46. The average molecular weight is 275 g/mol. The van der Waals surface area contributed by atoms with Crippen LogP contribution < -0.4 is 0 Å². The summed E-state index contributed by atoms with van der Waals surface area (Å²) in [5.74, 6) is 0.437. The van der Waals surface area contributed by atoms with Crippen LogP contribution >= 0.6 is 0 Å². The molecule has 104 valence electrons. The molecule has 0 radical (unpaired) electrons. The van der Waals surface area contributed by atoms with E-state index >= 15 is 0 Å². The van der Waals surface area contributed by atoms with Gasteiger partial charge < -0.3 is 0 Å². The Kier molecular flexibility index (Phi) is 3.53. The third kappa shape index (κ3) is 2.57. The molecule has 0 atom stereocenters. The summed E-state index contributed by atoms with van der Waals surface area (Å²) in [5.41, 5.74) is 2.44. The molecule has 2 aromatic carbocycles. The van der Waals surface area contributed by atoms with Gasteiger partial charge >= 0.3 is 0 Å². The highest BCUT2D eigenvalue weighted by Gasteiger charge is 2.14. The van der Waals surface area contributed by atoms with E-state index in [-0.39, 0.29) is 5.78 Å². The summed E-state index contributed by atoms with van der Waals surface area (Å²) in [5, 5.41) is 1.94. The smallest absolute Gasteiger partial charge is 0.211 e. The molecular weight excluding hydrogens is 258 g/mol. The van der Waals surface area contributed by atoms with E-state index in [1.54, 1.807) is 6.20 Å². The number of carbonyl (C=O) groups excluding carboxylic acids is 1. The largest absolute Gasteiger partial charge is 0.287 e. The van der Waals surface area contributed by atoms with Gasteiger partial charge in [0.1, 0.15) is 5.69 Å². The Morgan fingerprint density at radius 2 is 1.67 bits per heavy atom. The Morgan fingerprint density at radius 3 is 2.38 bits per heavy atom. The first-order valence-electron chi connectivity index (χ1n) is 7.15. The van der Waals surface area contributed by atoms with Crippen LogP contribution in [0.1, 0.15) is 41.4 Å². The lowest BCUT2D eigenvalue weighted by atomic mass is 9.98. The van der Waals surface area contributed by atoms with Crippen molar-refractivity contribution in [2.75, 3.05) is 0 Å². The average Bonchev–Trinajstić information content (AvgIpc) is 2.53. The zero-order chi connectivity index (χ0) is 14.8. The van der Waals surface area contributed by atoms with E-state index < -0.39 is 0 Å². The van der Waals surface area contributed by atoms with Crippen molar-refractivity contribution in [1.82, 2.24) is 4.98 Å². The predicted molar refractivity (Wildman–Crippen MR) is 85.7 cm³/mol. The quantitative estimate of drug-likeness (QED) is 0.654. The summed E-state index contributed by atoms with van der Waals surface area (Å²) in [4.78, 5) is 17.0. The van der Waals surface area contributed by atoms with E-state index in [9.17, 15) is 4.79 Å². The van der Waals surface area contributed by atoms with Crippen molar-refractivity contribution in [1.29, 1.82) is 0 Å². The van der Waals surface area contributed by atoms with Gasteiger partial charge in [0.2, 0.25) is 5.78 Å². The van der Waals surface area contributed by atoms with Crippen LogP contribution in [0.3, 0.4) is 0 Å². The molecule has 0 aliphatic carbocycles. The van der Waals surface area contributed by atoms with E-state index in [2.05, 4.69) is 18.8 Å². The van der Waals surface area contributed by atoms with Crippen molar-refractivity contribution < 1.29 is 4.79 Å². The zero-order valence-corrected chi connectivity index (χ0v) is 12.2. The number of carbonyl (C=O) groups is 1. The van der Waals surface area contributed by atoms with Gasteiger partial charge in [-0.25, -0.2) is 0 Å². The number of rotatable bonds is 3. The number of benzene rings is 2. The standard InChI is InChI=1S/C19H17NO/c1-13(2)14-7-9-16(10-8-14)19(21)18-17-6-4-3-5-15(17)11-12-20-18/h3-13H,1-2H3. The van der Waals surface area contributed by atoms with Gasteiger partial charge in [0, 0.05) is 17.1 Å². The van der Waals surface area contributed by atoms with E-state index in [1.807, 2.05) is 54.6 Å². The molecule has 0 saturated carbocycles.